The summed E-state index contributed by atoms with van der Waals surface area (Å²) in [5.41, 5.74) is 2.02. The SMILES string of the molecule is Cc1c(NCc2cc(F)ccc2F)cccc1C(=O)NCCO. The topological polar surface area (TPSA) is 61.4 Å². The molecule has 0 heterocycles. The predicted octanol–water partition coefficient (Wildman–Crippen LogP) is 2.61. The number of anilines is 1. The number of benzene rings is 2. The minimum Gasteiger partial charge on any atom is -0.395 e. The molecule has 0 aromatic heterocycles. The first kappa shape index (κ1) is 16.9. The van der Waals surface area contributed by atoms with E-state index in [1.54, 1.807) is 25.1 Å². The van der Waals surface area contributed by atoms with Crippen molar-refractivity contribution in [2.24, 2.45) is 0 Å². The molecule has 0 aliphatic rings. The summed E-state index contributed by atoms with van der Waals surface area (Å²) in [5, 5.41) is 14.3. The van der Waals surface area contributed by atoms with E-state index in [4.69, 9.17) is 5.11 Å². The van der Waals surface area contributed by atoms with Gasteiger partial charge in [-0.15, -0.1) is 0 Å². The summed E-state index contributed by atoms with van der Waals surface area (Å²) in [6, 6.07) is 8.40. The Kier molecular flexibility index (Phi) is 5.65. The molecule has 122 valence electrons. The van der Waals surface area contributed by atoms with E-state index in [9.17, 15) is 13.6 Å². The second-order valence-corrected chi connectivity index (χ2v) is 5.05. The summed E-state index contributed by atoms with van der Waals surface area (Å²) in [6.07, 6.45) is 0. The Hall–Kier alpha value is -2.47. The Morgan fingerprint density at radius 3 is 2.74 bits per heavy atom. The average molecular weight is 320 g/mol. The van der Waals surface area contributed by atoms with Gasteiger partial charge in [0.15, 0.2) is 0 Å². The minimum atomic E-state index is -0.503. The molecule has 2 aromatic carbocycles. The summed E-state index contributed by atoms with van der Waals surface area (Å²) in [5.74, 6) is -1.29. The van der Waals surface area contributed by atoms with E-state index in [0.717, 1.165) is 18.2 Å². The highest BCUT2D eigenvalue weighted by molar-refractivity contribution is 5.97. The van der Waals surface area contributed by atoms with Crippen LogP contribution in [0, 0.1) is 18.6 Å². The van der Waals surface area contributed by atoms with Crippen molar-refractivity contribution in [1.29, 1.82) is 0 Å². The van der Waals surface area contributed by atoms with E-state index < -0.39 is 11.6 Å². The first-order chi connectivity index (χ1) is 11.0. The summed E-state index contributed by atoms with van der Waals surface area (Å²) < 4.78 is 26.8. The molecule has 0 unspecified atom stereocenters. The van der Waals surface area contributed by atoms with Gasteiger partial charge in [-0.25, -0.2) is 8.78 Å². The summed E-state index contributed by atoms with van der Waals surface area (Å²) in [4.78, 5) is 12.0. The molecule has 0 atom stereocenters. The third kappa shape index (κ3) is 4.26. The zero-order chi connectivity index (χ0) is 16.8. The predicted molar refractivity (Wildman–Crippen MR) is 84.3 cm³/mol. The zero-order valence-corrected chi connectivity index (χ0v) is 12.7. The lowest BCUT2D eigenvalue weighted by Crippen LogP contribution is -2.27. The van der Waals surface area contributed by atoms with Gasteiger partial charge in [-0.3, -0.25) is 4.79 Å². The van der Waals surface area contributed by atoms with Crippen LogP contribution in [0.25, 0.3) is 0 Å². The number of halogens is 2. The highest BCUT2D eigenvalue weighted by Gasteiger charge is 2.11. The first-order valence-corrected chi connectivity index (χ1v) is 7.19. The fourth-order valence-corrected chi connectivity index (χ4v) is 2.21. The van der Waals surface area contributed by atoms with Crippen LogP contribution in [0.5, 0.6) is 0 Å². The number of hydrogen-bond donors (Lipinski definition) is 3. The number of amides is 1. The van der Waals surface area contributed by atoms with Crippen LogP contribution in [0.15, 0.2) is 36.4 Å². The number of aliphatic hydroxyl groups is 1. The maximum atomic E-state index is 13.6. The van der Waals surface area contributed by atoms with E-state index in [-0.39, 0.29) is 31.2 Å². The molecule has 0 radical (unpaired) electrons. The number of nitrogens with one attached hydrogen (secondary N) is 2. The molecular weight excluding hydrogens is 302 g/mol. The number of hydrogen-bond acceptors (Lipinski definition) is 3. The van der Waals surface area contributed by atoms with Gasteiger partial charge in [-0.1, -0.05) is 6.07 Å². The largest absolute Gasteiger partial charge is 0.395 e. The molecule has 6 heteroatoms. The minimum absolute atomic E-state index is 0.103. The second kappa shape index (κ2) is 7.69. The van der Waals surface area contributed by atoms with E-state index in [2.05, 4.69) is 10.6 Å². The molecule has 0 aliphatic carbocycles. The Morgan fingerprint density at radius 1 is 1.22 bits per heavy atom. The maximum Gasteiger partial charge on any atom is 0.251 e. The number of rotatable bonds is 6. The quantitative estimate of drug-likeness (QED) is 0.767. The first-order valence-electron chi connectivity index (χ1n) is 7.19. The molecule has 2 rings (SSSR count). The molecule has 4 nitrogen and oxygen atoms in total. The van der Waals surface area contributed by atoms with Crippen molar-refractivity contribution in [2.45, 2.75) is 13.5 Å². The standard InChI is InChI=1S/C17H18F2N2O2/c1-11-14(17(23)20-7-8-22)3-2-4-16(11)21-10-12-9-13(18)5-6-15(12)19/h2-6,9,21-22H,7-8,10H2,1H3,(H,20,23). The van der Waals surface area contributed by atoms with Crippen molar-refractivity contribution in [2.75, 3.05) is 18.5 Å². The average Bonchev–Trinajstić information content (AvgIpc) is 2.54. The summed E-state index contributed by atoms with van der Waals surface area (Å²) in [6.45, 7) is 1.90. The lowest BCUT2D eigenvalue weighted by Gasteiger charge is -2.13. The van der Waals surface area contributed by atoms with Gasteiger partial charge >= 0.3 is 0 Å². The molecule has 1 amide bonds. The number of carbonyl (C=O) groups is 1. The van der Waals surface area contributed by atoms with Crippen LogP contribution >= 0.6 is 0 Å². The van der Waals surface area contributed by atoms with Crippen molar-refractivity contribution in [3.63, 3.8) is 0 Å². The van der Waals surface area contributed by atoms with Crippen LogP contribution in [-0.4, -0.2) is 24.2 Å². The number of aliphatic hydroxyl groups excluding tert-OH is 1. The molecule has 2 aromatic rings. The van der Waals surface area contributed by atoms with Crippen molar-refractivity contribution in [1.82, 2.24) is 5.32 Å². The van der Waals surface area contributed by atoms with Gasteiger partial charge in [-0.2, -0.15) is 0 Å². The second-order valence-electron chi connectivity index (χ2n) is 5.05. The Morgan fingerprint density at radius 2 is 2.00 bits per heavy atom. The Balaban J connectivity index is 2.14. The van der Waals surface area contributed by atoms with Crippen LogP contribution < -0.4 is 10.6 Å². The van der Waals surface area contributed by atoms with Crippen LogP contribution in [0.1, 0.15) is 21.5 Å². The lowest BCUT2D eigenvalue weighted by atomic mass is 10.1. The van der Waals surface area contributed by atoms with Gasteiger partial charge in [-0.05, 0) is 42.8 Å². The van der Waals surface area contributed by atoms with E-state index in [1.807, 2.05) is 0 Å². The van der Waals surface area contributed by atoms with E-state index in [0.29, 0.717) is 16.8 Å². The van der Waals surface area contributed by atoms with E-state index in [1.165, 1.54) is 0 Å². The molecular formula is C17H18F2N2O2. The van der Waals surface area contributed by atoms with Crippen LogP contribution in [0.2, 0.25) is 0 Å². The van der Waals surface area contributed by atoms with Gasteiger partial charge in [0, 0.05) is 29.9 Å². The van der Waals surface area contributed by atoms with Crippen molar-refractivity contribution in [3.05, 3.63) is 64.7 Å². The zero-order valence-electron chi connectivity index (χ0n) is 12.7. The van der Waals surface area contributed by atoms with Crippen LogP contribution in [0.3, 0.4) is 0 Å². The van der Waals surface area contributed by atoms with Crippen molar-refractivity contribution < 1.29 is 18.7 Å². The fraction of sp³-hybridized carbons (Fsp3) is 0.235. The molecule has 0 saturated carbocycles. The molecule has 0 bridgehead atoms. The smallest absolute Gasteiger partial charge is 0.251 e. The monoisotopic (exact) mass is 320 g/mol. The molecule has 0 fully saturated rings. The molecule has 3 N–H and O–H groups in total. The summed E-state index contributed by atoms with van der Waals surface area (Å²) >= 11 is 0. The molecule has 23 heavy (non-hydrogen) atoms. The fourth-order valence-electron chi connectivity index (χ4n) is 2.21. The van der Waals surface area contributed by atoms with Crippen molar-refractivity contribution >= 4 is 11.6 Å². The molecule has 0 saturated heterocycles. The van der Waals surface area contributed by atoms with Crippen LogP contribution in [-0.2, 0) is 6.54 Å². The van der Waals surface area contributed by atoms with Gasteiger partial charge in [0.1, 0.15) is 11.6 Å². The summed E-state index contributed by atoms with van der Waals surface area (Å²) in [7, 11) is 0. The van der Waals surface area contributed by atoms with Gasteiger partial charge in [0.05, 0.1) is 6.61 Å². The van der Waals surface area contributed by atoms with Gasteiger partial charge in [0.2, 0.25) is 0 Å². The highest BCUT2D eigenvalue weighted by atomic mass is 19.1. The van der Waals surface area contributed by atoms with Gasteiger partial charge in [0.25, 0.3) is 5.91 Å². The van der Waals surface area contributed by atoms with Crippen LogP contribution in [0.4, 0.5) is 14.5 Å². The Bertz CT molecular complexity index is 705. The van der Waals surface area contributed by atoms with E-state index >= 15 is 0 Å². The highest BCUT2D eigenvalue weighted by Crippen LogP contribution is 2.20. The third-order valence-corrected chi connectivity index (χ3v) is 3.45. The normalized spacial score (nSPS) is 10.4. The molecule has 0 spiro atoms. The molecule has 0 aliphatic heterocycles. The third-order valence-electron chi connectivity index (χ3n) is 3.45. The lowest BCUT2D eigenvalue weighted by molar-refractivity contribution is 0.0944. The number of carbonyl (C=O) groups excluding carboxylic acids is 1. The van der Waals surface area contributed by atoms with Crippen molar-refractivity contribution in [3.8, 4) is 0 Å². The Labute approximate surface area is 133 Å². The maximum absolute atomic E-state index is 13.6. The van der Waals surface area contributed by atoms with Gasteiger partial charge < -0.3 is 15.7 Å².